The van der Waals surface area contributed by atoms with Gasteiger partial charge in [0.15, 0.2) is 0 Å². The van der Waals surface area contributed by atoms with Crippen molar-refractivity contribution in [2.24, 2.45) is 0 Å². The van der Waals surface area contributed by atoms with Gasteiger partial charge in [-0.25, -0.2) is 13.1 Å². The number of benzene rings is 2. The smallest absolute Gasteiger partial charge is 0.240 e. The van der Waals surface area contributed by atoms with Crippen LogP contribution in [0.15, 0.2) is 47.4 Å². The monoisotopic (exact) mass is 402 g/mol. The topological polar surface area (TPSA) is 92.8 Å². The molecule has 1 fully saturated rings. The molecule has 3 rings (SSSR count). The van der Waals surface area contributed by atoms with Crippen LogP contribution in [0.2, 0.25) is 0 Å². The van der Waals surface area contributed by atoms with E-state index in [-0.39, 0.29) is 42.7 Å². The third-order valence-electron chi connectivity index (χ3n) is 4.60. The average Bonchev–Trinajstić information content (AvgIpc) is 3.00. The molecular weight excluding hydrogens is 380 g/mol. The van der Waals surface area contributed by atoms with Crippen LogP contribution in [-0.2, 0) is 19.6 Å². The molecular formula is C20H22N2O5S. The Hall–Kier alpha value is -2.71. The van der Waals surface area contributed by atoms with Gasteiger partial charge in [-0.1, -0.05) is 6.07 Å². The molecule has 1 N–H and O–H groups in total. The summed E-state index contributed by atoms with van der Waals surface area (Å²) in [6.45, 7) is 4.29. The zero-order chi connectivity index (χ0) is 20.3. The van der Waals surface area contributed by atoms with Crippen molar-refractivity contribution in [1.29, 1.82) is 0 Å². The largest absolute Gasteiger partial charge is 0.492 e. The molecule has 148 valence electrons. The van der Waals surface area contributed by atoms with Crippen LogP contribution in [0.4, 0.5) is 5.69 Å². The molecule has 0 aliphatic carbocycles. The Kier molecular flexibility index (Phi) is 5.81. The highest BCUT2D eigenvalue weighted by Gasteiger charge is 2.30. The zero-order valence-corrected chi connectivity index (χ0v) is 16.6. The predicted molar refractivity (Wildman–Crippen MR) is 105 cm³/mol. The van der Waals surface area contributed by atoms with Crippen molar-refractivity contribution in [3.63, 3.8) is 0 Å². The van der Waals surface area contributed by atoms with E-state index < -0.39 is 10.0 Å². The first kappa shape index (κ1) is 20.0. The summed E-state index contributed by atoms with van der Waals surface area (Å²) in [6, 6.07) is 11.4. The molecule has 0 atom stereocenters. The molecule has 2 aromatic rings. The van der Waals surface area contributed by atoms with Crippen LogP contribution in [0.1, 0.15) is 24.0 Å². The molecule has 0 radical (unpaired) electrons. The number of aryl methyl sites for hydroxylation is 2. The highest BCUT2D eigenvalue weighted by Crippen LogP contribution is 2.24. The SMILES string of the molecule is Cc1ccc(OCCNS(=O)(=O)c2ccc(N3C(=O)CCC3=O)cc2)cc1C. The molecule has 1 heterocycles. The van der Waals surface area contributed by atoms with Crippen LogP contribution in [-0.4, -0.2) is 33.4 Å². The van der Waals surface area contributed by atoms with Gasteiger partial charge in [-0.05, 0) is 61.4 Å². The Morgan fingerprint density at radius 3 is 2.21 bits per heavy atom. The summed E-state index contributed by atoms with van der Waals surface area (Å²) in [5, 5.41) is 0. The maximum absolute atomic E-state index is 12.4. The first-order chi connectivity index (χ1) is 13.3. The highest BCUT2D eigenvalue weighted by atomic mass is 32.2. The second-order valence-corrected chi connectivity index (χ2v) is 8.38. The molecule has 8 heteroatoms. The molecule has 0 aromatic heterocycles. The number of hydrogen-bond donors (Lipinski definition) is 1. The number of amides is 2. The maximum atomic E-state index is 12.4. The standard InChI is InChI=1S/C20H22N2O5S/c1-14-3-6-17(13-15(14)2)27-12-11-21-28(25,26)18-7-4-16(5-8-18)22-19(23)9-10-20(22)24/h3-8,13,21H,9-12H2,1-2H3. The van der Waals surface area contributed by atoms with Crippen molar-refractivity contribution in [3.05, 3.63) is 53.6 Å². The second kappa shape index (κ2) is 8.12. The van der Waals surface area contributed by atoms with Gasteiger partial charge in [0.1, 0.15) is 12.4 Å². The number of ether oxygens (including phenoxy) is 1. The molecule has 1 aliphatic rings. The number of nitrogens with one attached hydrogen (secondary N) is 1. The van der Waals surface area contributed by atoms with Crippen LogP contribution in [0.25, 0.3) is 0 Å². The number of rotatable bonds is 7. The lowest BCUT2D eigenvalue weighted by Crippen LogP contribution is -2.29. The van der Waals surface area contributed by atoms with Crippen molar-refractivity contribution < 1.29 is 22.7 Å². The fourth-order valence-electron chi connectivity index (χ4n) is 2.87. The Bertz CT molecular complexity index is 984. The van der Waals surface area contributed by atoms with E-state index in [9.17, 15) is 18.0 Å². The van der Waals surface area contributed by atoms with E-state index in [0.717, 1.165) is 16.0 Å². The lowest BCUT2D eigenvalue weighted by Gasteiger charge is -2.14. The Balaban J connectivity index is 1.57. The van der Waals surface area contributed by atoms with E-state index in [4.69, 9.17) is 4.74 Å². The van der Waals surface area contributed by atoms with Crippen molar-refractivity contribution >= 4 is 27.5 Å². The molecule has 0 saturated carbocycles. The third-order valence-corrected chi connectivity index (χ3v) is 6.07. The van der Waals surface area contributed by atoms with Crippen LogP contribution in [0, 0.1) is 13.8 Å². The Morgan fingerprint density at radius 1 is 0.964 bits per heavy atom. The number of anilines is 1. The molecule has 1 saturated heterocycles. The summed E-state index contributed by atoms with van der Waals surface area (Å²) in [7, 11) is -3.72. The summed E-state index contributed by atoms with van der Waals surface area (Å²) < 4.78 is 32.8. The van der Waals surface area contributed by atoms with Crippen molar-refractivity contribution in [2.45, 2.75) is 31.6 Å². The van der Waals surface area contributed by atoms with Gasteiger partial charge in [0, 0.05) is 19.4 Å². The van der Waals surface area contributed by atoms with Gasteiger partial charge in [0.25, 0.3) is 0 Å². The van der Waals surface area contributed by atoms with Gasteiger partial charge in [0.2, 0.25) is 21.8 Å². The summed E-state index contributed by atoms with van der Waals surface area (Å²) in [6.07, 6.45) is 0.363. The van der Waals surface area contributed by atoms with Crippen LogP contribution in [0.5, 0.6) is 5.75 Å². The summed E-state index contributed by atoms with van der Waals surface area (Å²) in [5.41, 5.74) is 2.64. The third kappa shape index (κ3) is 4.40. The highest BCUT2D eigenvalue weighted by molar-refractivity contribution is 7.89. The average molecular weight is 402 g/mol. The zero-order valence-electron chi connectivity index (χ0n) is 15.8. The molecule has 0 spiro atoms. The predicted octanol–water partition coefficient (Wildman–Crippen LogP) is 2.31. The summed E-state index contributed by atoms with van der Waals surface area (Å²) in [4.78, 5) is 24.7. The van der Waals surface area contributed by atoms with E-state index in [0.29, 0.717) is 11.4 Å². The normalized spacial score (nSPS) is 14.6. The van der Waals surface area contributed by atoms with Crippen LogP contribution >= 0.6 is 0 Å². The number of nitrogens with zero attached hydrogens (tertiary/aromatic N) is 1. The second-order valence-electron chi connectivity index (χ2n) is 6.61. The number of imide groups is 1. The van der Waals surface area contributed by atoms with Gasteiger partial charge in [-0.15, -0.1) is 0 Å². The maximum Gasteiger partial charge on any atom is 0.240 e. The Morgan fingerprint density at radius 2 is 1.61 bits per heavy atom. The van der Waals surface area contributed by atoms with Gasteiger partial charge in [-0.3, -0.25) is 14.5 Å². The van der Waals surface area contributed by atoms with Gasteiger partial charge in [0.05, 0.1) is 10.6 Å². The van der Waals surface area contributed by atoms with E-state index >= 15 is 0 Å². The summed E-state index contributed by atoms with van der Waals surface area (Å²) in [5.74, 6) is 0.135. The molecule has 0 bridgehead atoms. The van der Waals surface area contributed by atoms with Gasteiger partial charge < -0.3 is 4.74 Å². The minimum absolute atomic E-state index is 0.0570. The Labute approximate surface area is 164 Å². The number of sulfonamides is 1. The fraction of sp³-hybridized carbons (Fsp3) is 0.300. The van der Waals surface area contributed by atoms with Gasteiger partial charge >= 0.3 is 0 Å². The molecule has 28 heavy (non-hydrogen) atoms. The first-order valence-electron chi connectivity index (χ1n) is 8.93. The van der Waals surface area contributed by atoms with E-state index in [1.54, 1.807) is 0 Å². The quantitative estimate of drug-likeness (QED) is 0.567. The molecule has 1 aliphatic heterocycles. The van der Waals surface area contributed by atoms with Gasteiger partial charge in [-0.2, -0.15) is 0 Å². The van der Waals surface area contributed by atoms with Crippen molar-refractivity contribution in [1.82, 2.24) is 4.72 Å². The minimum Gasteiger partial charge on any atom is -0.492 e. The van der Waals surface area contributed by atoms with Crippen LogP contribution in [0.3, 0.4) is 0 Å². The number of carbonyl (C=O) groups excluding carboxylic acids is 2. The minimum atomic E-state index is -3.72. The molecule has 2 amide bonds. The van der Waals surface area contributed by atoms with E-state index in [1.165, 1.54) is 24.3 Å². The summed E-state index contributed by atoms with van der Waals surface area (Å²) >= 11 is 0. The lowest BCUT2D eigenvalue weighted by molar-refractivity contribution is -0.121. The van der Waals surface area contributed by atoms with Crippen LogP contribution < -0.4 is 14.4 Å². The van der Waals surface area contributed by atoms with E-state index in [1.807, 2.05) is 32.0 Å². The van der Waals surface area contributed by atoms with E-state index in [2.05, 4.69) is 4.72 Å². The van der Waals surface area contributed by atoms with Crippen molar-refractivity contribution in [2.75, 3.05) is 18.1 Å². The first-order valence-corrected chi connectivity index (χ1v) is 10.4. The number of hydrogen-bond acceptors (Lipinski definition) is 5. The van der Waals surface area contributed by atoms with Crippen molar-refractivity contribution in [3.8, 4) is 5.75 Å². The number of carbonyl (C=O) groups is 2. The fourth-order valence-corrected chi connectivity index (χ4v) is 3.88. The molecule has 2 aromatic carbocycles. The molecule has 7 nitrogen and oxygen atoms in total. The molecule has 0 unspecified atom stereocenters. The lowest BCUT2D eigenvalue weighted by atomic mass is 10.1.